The van der Waals surface area contributed by atoms with Crippen molar-refractivity contribution in [1.29, 1.82) is 0 Å². The molecule has 0 spiro atoms. The van der Waals surface area contributed by atoms with E-state index in [1.165, 1.54) is 180 Å². The number of amides is 2. The summed E-state index contributed by atoms with van der Waals surface area (Å²) in [5.74, 6) is 6.26. The molecule has 0 aromatic heterocycles. The normalized spacial score (nSPS) is 12.2. The average molecular weight is 823 g/mol. The maximum atomic E-state index is 13.8. The Labute approximate surface area is 361 Å². The maximum absolute atomic E-state index is 13.8. The van der Waals surface area contributed by atoms with Crippen LogP contribution in [0.2, 0.25) is 0 Å². The highest BCUT2D eigenvalue weighted by Gasteiger charge is 2.31. The van der Waals surface area contributed by atoms with Crippen LogP contribution in [-0.2, 0) is 4.79 Å². The maximum Gasteiger partial charge on any atom is 0.414 e. The van der Waals surface area contributed by atoms with Gasteiger partial charge in [-0.05, 0) is 71.2 Å². The predicted molar refractivity (Wildman–Crippen MR) is 251 cm³/mol. The predicted octanol–water partition coefficient (Wildman–Crippen LogP) is 12.6. The first-order chi connectivity index (χ1) is 28.5. The van der Waals surface area contributed by atoms with E-state index >= 15 is 0 Å². The molecule has 0 aliphatic carbocycles. The van der Waals surface area contributed by atoms with Gasteiger partial charge in [-0.15, -0.1) is 0 Å². The van der Waals surface area contributed by atoms with Crippen LogP contribution in [0.5, 0.6) is 0 Å². The molecule has 0 fully saturated rings. The van der Waals surface area contributed by atoms with Crippen LogP contribution in [0.1, 0.15) is 251 Å². The highest BCUT2D eigenvalue weighted by Crippen LogP contribution is 2.18. The fourth-order valence-corrected chi connectivity index (χ4v) is 8.13. The zero-order chi connectivity index (χ0) is 42.4. The second kappa shape index (κ2) is 46.8. The van der Waals surface area contributed by atoms with Gasteiger partial charge in [0.05, 0.1) is 0 Å². The number of rotatable bonds is 48. The molecule has 0 bridgehead atoms. The van der Waals surface area contributed by atoms with Crippen molar-refractivity contribution in [3.8, 4) is 0 Å². The fourth-order valence-electron chi connectivity index (χ4n) is 8.13. The number of nitrogens with one attached hydrogen (secondary N) is 2. The Hall–Kier alpha value is -1.26. The third-order valence-electron chi connectivity index (χ3n) is 12.0. The molecule has 7 N–H and O–H groups in total. The number of hydrazine groups is 1. The minimum atomic E-state index is -1.17. The monoisotopic (exact) mass is 823 g/mol. The van der Waals surface area contributed by atoms with Gasteiger partial charge in [0.15, 0.2) is 0 Å². The van der Waals surface area contributed by atoms with Gasteiger partial charge in [-0.25, -0.2) is 14.7 Å². The average Bonchev–Trinajstić information content (AvgIpc) is 3.21. The number of hydrogen-bond donors (Lipinski definition) is 5. The standard InChI is InChI=1S/C49H102N6O3/c1-3-5-7-9-11-13-15-17-19-21-23-25-27-29-31-33-39-47(48(56)54(49(57)58)45-38-44-53-42-35-34-41-52-43-37-40-50)55(51)46-36-32-30-28-26-24-22-20-18-16-14-12-10-8-6-4-2/h47,52-53H,3-46,50-51H2,1-2H3,(H,57,58). The third kappa shape index (κ3) is 38.9. The number of unbranched alkanes of at least 4 members (excludes halogenated alkanes) is 31. The molecule has 9 heteroatoms. The van der Waals surface area contributed by atoms with E-state index in [1.54, 1.807) is 5.01 Å². The molecule has 1 unspecified atom stereocenters. The Balaban J connectivity index is 4.54. The van der Waals surface area contributed by atoms with Crippen molar-refractivity contribution < 1.29 is 14.7 Å². The molecule has 0 aromatic carbocycles. The van der Waals surface area contributed by atoms with Crippen LogP contribution in [0.25, 0.3) is 0 Å². The van der Waals surface area contributed by atoms with E-state index in [0.29, 0.717) is 32.5 Å². The van der Waals surface area contributed by atoms with Gasteiger partial charge < -0.3 is 21.5 Å². The Morgan fingerprint density at radius 3 is 1.14 bits per heavy atom. The first-order valence-corrected chi connectivity index (χ1v) is 25.7. The number of carbonyl (C=O) groups excluding carboxylic acids is 1. The number of carboxylic acid groups (broad SMARTS) is 1. The minimum Gasteiger partial charge on any atom is -0.465 e. The van der Waals surface area contributed by atoms with E-state index in [2.05, 4.69) is 24.5 Å². The Morgan fingerprint density at radius 1 is 0.448 bits per heavy atom. The van der Waals surface area contributed by atoms with Gasteiger partial charge in [-0.2, -0.15) is 0 Å². The van der Waals surface area contributed by atoms with Crippen LogP contribution in [-0.4, -0.2) is 78.9 Å². The van der Waals surface area contributed by atoms with Crippen LogP contribution >= 0.6 is 0 Å². The van der Waals surface area contributed by atoms with Crippen molar-refractivity contribution in [3.05, 3.63) is 0 Å². The summed E-state index contributed by atoms with van der Waals surface area (Å²) < 4.78 is 0. The van der Waals surface area contributed by atoms with Crippen LogP contribution in [0, 0.1) is 0 Å². The SMILES string of the molecule is CCCCCCCCCCCCCCCCCCC(C(=O)N(CCCNCCCCNCCCN)C(=O)O)N(N)CCCCCCCCCCCCCCCCCC. The van der Waals surface area contributed by atoms with E-state index in [-0.39, 0.29) is 12.5 Å². The summed E-state index contributed by atoms with van der Waals surface area (Å²) in [7, 11) is 0. The fraction of sp³-hybridized carbons (Fsp3) is 0.959. The van der Waals surface area contributed by atoms with Crippen molar-refractivity contribution in [2.24, 2.45) is 11.6 Å². The number of carbonyl (C=O) groups is 2. The van der Waals surface area contributed by atoms with Crippen LogP contribution in [0.3, 0.4) is 0 Å². The van der Waals surface area contributed by atoms with Gasteiger partial charge in [0.25, 0.3) is 5.91 Å². The molecule has 1 atom stereocenters. The largest absolute Gasteiger partial charge is 0.465 e. The molecular formula is C49H102N6O3. The summed E-state index contributed by atoms with van der Waals surface area (Å²) in [5, 5.41) is 18.6. The molecule has 9 nitrogen and oxygen atoms in total. The zero-order valence-electron chi connectivity index (χ0n) is 39.0. The molecule has 0 saturated heterocycles. The second-order valence-corrected chi connectivity index (χ2v) is 17.6. The van der Waals surface area contributed by atoms with E-state index in [9.17, 15) is 14.7 Å². The topological polar surface area (TPSA) is 137 Å². The van der Waals surface area contributed by atoms with Crippen molar-refractivity contribution in [2.45, 2.75) is 257 Å². The molecule has 0 saturated carbocycles. The third-order valence-corrected chi connectivity index (χ3v) is 12.0. The smallest absolute Gasteiger partial charge is 0.414 e. The van der Waals surface area contributed by atoms with Crippen molar-refractivity contribution in [1.82, 2.24) is 20.5 Å². The first-order valence-electron chi connectivity index (χ1n) is 25.7. The number of nitrogens with zero attached hydrogens (tertiary/aromatic N) is 2. The molecule has 0 rings (SSSR count). The molecule has 2 amide bonds. The highest BCUT2D eigenvalue weighted by atomic mass is 16.4. The van der Waals surface area contributed by atoms with E-state index in [1.807, 2.05) is 0 Å². The van der Waals surface area contributed by atoms with Crippen LogP contribution in [0.15, 0.2) is 0 Å². The number of nitrogens with two attached hydrogens (primary N) is 2. The summed E-state index contributed by atoms with van der Waals surface area (Å²) in [5.41, 5.74) is 5.54. The summed E-state index contributed by atoms with van der Waals surface area (Å²) in [6.07, 6.45) is 45.1. The molecule has 0 aromatic rings. The van der Waals surface area contributed by atoms with E-state index in [4.69, 9.17) is 11.6 Å². The zero-order valence-corrected chi connectivity index (χ0v) is 39.0. The highest BCUT2D eigenvalue weighted by molar-refractivity contribution is 5.94. The van der Waals surface area contributed by atoms with E-state index in [0.717, 1.165) is 69.5 Å². The number of hydrogen-bond acceptors (Lipinski definition) is 7. The van der Waals surface area contributed by atoms with Crippen molar-refractivity contribution in [2.75, 3.05) is 45.8 Å². The second-order valence-electron chi connectivity index (χ2n) is 17.6. The molecule has 0 heterocycles. The van der Waals surface area contributed by atoms with Crippen LogP contribution in [0.4, 0.5) is 4.79 Å². The Kier molecular flexibility index (Phi) is 45.8. The van der Waals surface area contributed by atoms with Gasteiger partial charge in [0.2, 0.25) is 0 Å². The minimum absolute atomic E-state index is 0.199. The van der Waals surface area contributed by atoms with Gasteiger partial charge in [0.1, 0.15) is 6.04 Å². The molecule has 0 radical (unpaired) electrons. The Bertz CT molecular complexity index is 849. The molecule has 346 valence electrons. The van der Waals surface area contributed by atoms with Gasteiger partial charge >= 0.3 is 6.09 Å². The summed E-state index contributed by atoms with van der Waals surface area (Å²) in [6, 6.07) is -0.584. The summed E-state index contributed by atoms with van der Waals surface area (Å²) in [4.78, 5) is 27.2. The van der Waals surface area contributed by atoms with Crippen molar-refractivity contribution in [3.63, 3.8) is 0 Å². The molecule has 0 aliphatic rings. The van der Waals surface area contributed by atoms with Gasteiger partial charge in [0, 0.05) is 13.1 Å². The number of imide groups is 1. The summed E-state index contributed by atoms with van der Waals surface area (Å²) in [6.45, 7) is 9.63. The Morgan fingerprint density at radius 2 is 0.776 bits per heavy atom. The first kappa shape index (κ1) is 56.7. The van der Waals surface area contributed by atoms with Gasteiger partial charge in [-0.3, -0.25) is 10.6 Å². The quantitative estimate of drug-likeness (QED) is 0.0232. The molecule has 0 aliphatic heterocycles. The molecule has 58 heavy (non-hydrogen) atoms. The van der Waals surface area contributed by atoms with Crippen LogP contribution < -0.4 is 22.2 Å². The lowest BCUT2D eigenvalue weighted by atomic mass is 10.0. The lowest BCUT2D eigenvalue weighted by molar-refractivity contribution is -0.135. The summed E-state index contributed by atoms with van der Waals surface area (Å²) >= 11 is 0. The molecular weight excluding hydrogens is 721 g/mol. The van der Waals surface area contributed by atoms with Gasteiger partial charge in [-0.1, -0.05) is 213 Å². The van der Waals surface area contributed by atoms with Crippen molar-refractivity contribution >= 4 is 12.0 Å². The lowest BCUT2D eigenvalue weighted by Crippen LogP contribution is -2.53. The lowest BCUT2D eigenvalue weighted by Gasteiger charge is -2.30. The van der Waals surface area contributed by atoms with E-state index < -0.39 is 12.1 Å².